The Morgan fingerprint density at radius 1 is 1.35 bits per heavy atom. The fraction of sp³-hybridized carbons (Fsp3) is 0.571. The van der Waals surface area contributed by atoms with E-state index in [2.05, 4.69) is 17.0 Å². The van der Waals surface area contributed by atoms with Crippen molar-refractivity contribution in [3.05, 3.63) is 29.8 Å². The molecule has 6 heteroatoms. The van der Waals surface area contributed by atoms with E-state index in [0.717, 1.165) is 18.5 Å². The highest BCUT2D eigenvalue weighted by molar-refractivity contribution is 7.89. The van der Waals surface area contributed by atoms with Gasteiger partial charge in [0.15, 0.2) is 0 Å². The Balaban J connectivity index is 2.76. The molecular formula is C14H24N2O3S. The highest BCUT2D eigenvalue weighted by atomic mass is 32.2. The molecule has 0 aliphatic rings. The van der Waals surface area contributed by atoms with Crippen LogP contribution in [0.3, 0.4) is 0 Å². The molecule has 0 saturated carbocycles. The number of hydrogen-bond acceptors (Lipinski definition) is 4. The normalized spacial score (nSPS) is 13.3. The van der Waals surface area contributed by atoms with Gasteiger partial charge in [-0.2, -0.15) is 0 Å². The molecule has 114 valence electrons. The van der Waals surface area contributed by atoms with Crippen molar-refractivity contribution in [2.24, 2.45) is 0 Å². The first-order chi connectivity index (χ1) is 9.49. The van der Waals surface area contributed by atoms with E-state index in [4.69, 9.17) is 4.74 Å². The molecule has 5 nitrogen and oxygen atoms in total. The number of nitrogens with one attached hydrogen (secondary N) is 2. The van der Waals surface area contributed by atoms with Crippen molar-refractivity contribution < 1.29 is 13.2 Å². The number of sulfonamides is 1. The van der Waals surface area contributed by atoms with Gasteiger partial charge in [-0.3, -0.25) is 0 Å². The zero-order valence-corrected chi connectivity index (χ0v) is 13.2. The second-order valence-electron chi connectivity index (χ2n) is 4.80. The summed E-state index contributed by atoms with van der Waals surface area (Å²) in [6.45, 7) is 5.80. The van der Waals surface area contributed by atoms with Crippen molar-refractivity contribution in [1.29, 1.82) is 0 Å². The van der Waals surface area contributed by atoms with Crippen molar-refractivity contribution in [1.82, 2.24) is 10.0 Å². The number of benzene rings is 1. The first-order valence-electron chi connectivity index (χ1n) is 6.80. The minimum Gasteiger partial charge on any atom is -0.383 e. The van der Waals surface area contributed by atoms with Crippen LogP contribution in [0.2, 0.25) is 0 Å². The third-order valence-corrected chi connectivity index (χ3v) is 4.32. The Morgan fingerprint density at radius 3 is 2.75 bits per heavy atom. The largest absolute Gasteiger partial charge is 0.383 e. The monoisotopic (exact) mass is 300 g/mol. The third kappa shape index (κ3) is 5.58. The second-order valence-corrected chi connectivity index (χ2v) is 6.52. The lowest BCUT2D eigenvalue weighted by Gasteiger charge is -2.14. The summed E-state index contributed by atoms with van der Waals surface area (Å²) in [7, 11) is -1.95. The SMILES string of the molecule is CCCNCc1cccc(S(=O)(=O)NC(C)COC)c1. The molecule has 20 heavy (non-hydrogen) atoms. The summed E-state index contributed by atoms with van der Waals surface area (Å²) in [6, 6.07) is 6.72. The number of hydrogen-bond donors (Lipinski definition) is 2. The van der Waals surface area contributed by atoms with Gasteiger partial charge in [0.05, 0.1) is 11.5 Å². The number of rotatable bonds is 9. The summed E-state index contributed by atoms with van der Waals surface area (Å²) < 4.78 is 32.0. The summed E-state index contributed by atoms with van der Waals surface area (Å²) in [6.07, 6.45) is 1.05. The standard InChI is InChI=1S/C14H24N2O3S/c1-4-8-15-10-13-6-5-7-14(9-13)20(17,18)16-12(2)11-19-3/h5-7,9,12,15-16H,4,8,10-11H2,1-3H3. The van der Waals surface area contributed by atoms with E-state index >= 15 is 0 Å². The molecule has 1 aromatic rings. The van der Waals surface area contributed by atoms with Crippen LogP contribution in [0.4, 0.5) is 0 Å². The van der Waals surface area contributed by atoms with Crippen molar-refractivity contribution >= 4 is 10.0 Å². The van der Waals surface area contributed by atoms with E-state index in [-0.39, 0.29) is 10.9 Å². The van der Waals surface area contributed by atoms with E-state index in [1.165, 1.54) is 0 Å². The van der Waals surface area contributed by atoms with Crippen LogP contribution in [0.1, 0.15) is 25.8 Å². The lowest BCUT2D eigenvalue weighted by Crippen LogP contribution is -2.35. The van der Waals surface area contributed by atoms with Crippen LogP contribution in [0.25, 0.3) is 0 Å². The summed E-state index contributed by atoms with van der Waals surface area (Å²) in [5, 5.41) is 3.26. The van der Waals surface area contributed by atoms with Gasteiger partial charge < -0.3 is 10.1 Å². The van der Waals surface area contributed by atoms with Crippen LogP contribution < -0.4 is 10.0 Å². The average molecular weight is 300 g/mol. The molecule has 0 amide bonds. The van der Waals surface area contributed by atoms with E-state index in [1.54, 1.807) is 32.2 Å². The molecule has 0 fully saturated rings. The second kappa shape index (κ2) is 8.36. The Hall–Kier alpha value is -0.950. The molecule has 1 rings (SSSR count). The first-order valence-corrected chi connectivity index (χ1v) is 8.29. The lowest BCUT2D eigenvalue weighted by molar-refractivity contribution is 0.180. The summed E-state index contributed by atoms with van der Waals surface area (Å²) in [4.78, 5) is 0.288. The number of methoxy groups -OCH3 is 1. The van der Waals surface area contributed by atoms with Crippen LogP contribution in [0.15, 0.2) is 29.2 Å². The Labute approximate surface area is 121 Å². The maximum Gasteiger partial charge on any atom is 0.240 e. The topological polar surface area (TPSA) is 67.4 Å². The Kier molecular flexibility index (Phi) is 7.15. The molecule has 0 heterocycles. The van der Waals surface area contributed by atoms with E-state index in [0.29, 0.717) is 13.2 Å². The van der Waals surface area contributed by atoms with Crippen LogP contribution >= 0.6 is 0 Å². The molecule has 1 aromatic carbocycles. The van der Waals surface area contributed by atoms with Gasteiger partial charge in [-0.15, -0.1) is 0 Å². The van der Waals surface area contributed by atoms with E-state index < -0.39 is 10.0 Å². The lowest BCUT2D eigenvalue weighted by atomic mass is 10.2. The Bertz CT molecular complexity index is 503. The first kappa shape index (κ1) is 17.1. The fourth-order valence-corrected chi connectivity index (χ4v) is 3.15. The highest BCUT2D eigenvalue weighted by Crippen LogP contribution is 2.12. The molecule has 0 bridgehead atoms. The molecule has 0 spiro atoms. The summed E-state index contributed by atoms with van der Waals surface area (Å²) >= 11 is 0. The van der Waals surface area contributed by atoms with Gasteiger partial charge in [0.2, 0.25) is 10.0 Å². The highest BCUT2D eigenvalue weighted by Gasteiger charge is 2.17. The van der Waals surface area contributed by atoms with Gasteiger partial charge >= 0.3 is 0 Å². The fourth-order valence-electron chi connectivity index (χ4n) is 1.85. The average Bonchev–Trinajstić information content (AvgIpc) is 2.39. The van der Waals surface area contributed by atoms with Gasteiger partial charge in [0.1, 0.15) is 0 Å². The van der Waals surface area contributed by atoms with Crippen molar-refractivity contribution in [3.63, 3.8) is 0 Å². The maximum absolute atomic E-state index is 12.2. The van der Waals surface area contributed by atoms with Gasteiger partial charge in [-0.1, -0.05) is 19.1 Å². The molecule has 0 aliphatic carbocycles. The van der Waals surface area contributed by atoms with E-state index in [1.807, 2.05) is 6.07 Å². The zero-order valence-electron chi connectivity index (χ0n) is 12.3. The predicted molar refractivity (Wildman–Crippen MR) is 80.1 cm³/mol. The van der Waals surface area contributed by atoms with Crippen molar-refractivity contribution in [2.45, 2.75) is 37.8 Å². The minimum absolute atomic E-state index is 0.258. The van der Waals surface area contributed by atoms with Gasteiger partial charge in [0.25, 0.3) is 0 Å². The summed E-state index contributed by atoms with van der Waals surface area (Å²) in [5.74, 6) is 0. The van der Waals surface area contributed by atoms with Gasteiger partial charge in [-0.25, -0.2) is 13.1 Å². The minimum atomic E-state index is -3.49. The molecule has 0 aromatic heterocycles. The van der Waals surface area contributed by atoms with Crippen LogP contribution in [-0.4, -0.2) is 34.7 Å². The zero-order chi connectivity index (χ0) is 15.0. The van der Waals surface area contributed by atoms with E-state index in [9.17, 15) is 8.42 Å². The van der Waals surface area contributed by atoms with Crippen LogP contribution in [0.5, 0.6) is 0 Å². The van der Waals surface area contributed by atoms with Crippen LogP contribution in [-0.2, 0) is 21.3 Å². The third-order valence-electron chi connectivity index (χ3n) is 2.74. The molecular weight excluding hydrogens is 276 g/mol. The smallest absolute Gasteiger partial charge is 0.240 e. The summed E-state index contributed by atoms with van der Waals surface area (Å²) in [5.41, 5.74) is 0.959. The van der Waals surface area contributed by atoms with Crippen LogP contribution in [0, 0.1) is 0 Å². The number of ether oxygens (including phenoxy) is 1. The molecule has 1 atom stereocenters. The van der Waals surface area contributed by atoms with Crippen molar-refractivity contribution in [2.75, 3.05) is 20.3 Å². The van der Waals surface area contributed by atoms with Gasteiger partial charge in [-0.05, 0) is 37.6 Å². The quantitative estimate of drug-likeness (QED) is 0.678. The molecule has 0 saturated heterocycles. The molecule has 0 aliphatic heterocycles. The maximum atomic E-state index is 12.2. The molecule has 0 radical (unpaired) electrons. The molecule has 1 unspecified atom stereocenters. The van der Waals surface area contributed by atoms with Crippen molar-refractivity contribution in [3.8, 4) is 0 Å². The van der Waals surface area contributed by atoms with Gasteiger partial charge in [0, 0.05) is 19.7 Å². The molecule has 2 N–H and O–H groups in total. The Morgan fingerprint density at radius 2 is 2.10 bits per heavy atom. The predicted octanol–water partition coefficient (Wildman–Crippen LogP) is 1.50.